The van der Waals surface area contributed by atoms with Gasteiger partial charge in [-0.15, -0.1) is 0 Å². The van der Waals surface area contributed by atoms with E-state index in [-0.39, 0.29) is 11.9 Å². The highest BCUT2D eigenvalue weighted by atomic mass is 16.2. The highest BCUT2D eigenvalue weighted by molar-refractivity contribution is 5.79. The van der Waals surface area contributed by atoms with E-state index in [1.54, 1.807) is 0 Å². The van der Waals surface area contributed by atoms with Crippen LogP contribution in [0.25, 0.3) is 0 Å². The minimum Gasteiger partial charge on any atom is -0.344 e. The van der Waals surface area contributed by atoms with Gasteiger partial charge in [0.2, 0.25) is 5.91 Å². The van der Waals surface area contributed by atoms with Gasteiger partial charge in [-0.1, -0.05) is 90.5 Å². The van der Waals surface area contributed by atoms with Gasteiger partial charge < -0.3 is 5.32 Å². The van der Waals surface area contributed by atoms with Crippen LogP contribution in [0.5, 0.6) is 0 Å². The number of hydrogen-bond acceptors (Lipinski definition) is 2. The molecule has 1 amide bonds. The summed E-state index contributed by atoms with van der Waals surface area (Å²) in [6, 6.07) is 28.5. The van der Waals surface area contributed by atoms with Crippen LogP contribution in [0.15, 0.2) is 84.9 Å². The summed E-state index contributed by atoms with van der Waals surface area (Å²) < 4.78 is 0. The zero-order valence-corrected chi connectivity index (χ0v) is 15.9. The lowest BCUT2D eigenvalue weighted by Gasteiger charge is -2.22. The van der Waals surface area contributed by atoms with Crippen molar-refractivity contribution in [3.05, 3.63) is 107 Å². The molecule has 0 aromatic heterocycles. The van der Waals surface area contributed by atoms with E-state index in [2.05, 4.69) is 60.8 Å². The molecule has 0 aliphatic heterocycles. The molecule has 1 unspecified atom stereocenters. The second-order valence-corrected chi connectivity index (χ2v) is 6.98. The maximum absolute atomic E-state index is 12.7. The molecule has 3 rings (SSSR count). The maximum atomic E-state index is 12.7. The first kappa shape index (κ1) is 18.9. The zero-order valence-electron chi connectivity index (χ0n) is 15.9. The van der Waals surface area contributed by atoms with Gasteiger partial charge in [-0.3, -0.25) is 9.69 Å². The van der Waals surface area contributed by atoms with Crippen molar-refractivity contribution in [2.75, 3.05) is 13.6 Å². The number of likely N-dealkylation sites (N-methyl/N-ethyl adjacent to an activating group) is 1. The number of nitrogens with zero attached hydrogens (tertiary/aromatic N) is 1. The molecule has 3 heteroatoms. The third kappa shape index (κ3) is 5.53. The van der Waals surface area contributed by atoms with Crippen molar-refractivity contribution in [2.24, 2.45) is 0 Å². The molecule has 3 aromatic rings. The Morgan fingerprint density at radius 1 is 0.852 bits per heavy atom. The van der Waals surface area contributed by atoms with Crippen molar-refractivity contribution in [1.29, 1.82) is 0 Å². The molecule has 0 saturated carbocycles. The van der Waals surface area contributed by atoms with Crippen molar-refractivity contribution in [3.63, 3.8) is 0 Å². The van der Waals surface area contributed by atoms with E-state index >= 15 is 0 Å². The highest BCUT2D eigenvalue weighted by Gasteiger charge is 2.17. The summed E-state index contributed by atoms with van der Waals surface area (Å²) in [7, 11) is 1.97. The lowest BCUT2D eigenvalue weighted by atomic mass is 9.98. The fraction of sp³-hybridized carbons (Fsp3) is 0.208. The Morgan fingerprint density at radius 3 is 2.04 bits per heavy atom. The number of amides is 1. The summed E-state index contributed by atoms with van der Waals surface area (Å²) in [6.45, 7) is 3.16. The molecule has 0 saturated heterocycles. The number of rotatable bonds is 7. The molecule has 0 radical (unpaired) electrons. The maximum Gasteiger partial charge on any atom is 0.234 e. The van der Waals surface area contributed by atoms with E-state index in [0.29, 0.717) is 6.54 Å². The minimum atomic E-state index is -0.149. The van der Waals surface area contributed by atoms with E-state index < -0.39 is 0 Å². The fourth-order valence-corrected chi connectivity index (χ4v) is 3.17. The minimum absolute atomic E-state index is 0.0165. The molecule has 3 nitrogen and oxygen atoms in total. The third-order valence-corrected chi connectivity index (χ3v) is 4.56. The number of nitrogens with one attached hydrogen (secondary N) is 1. The third-order valence-electron chi connectivity index (χ3n) is 4.56. The summed E-state index contributed by atoms with van der Waals surface area (Å²) in [5, 5.41) is 3.21. The Bertz CT molecular complexity index is 845. The molecule has 0 fully saturated rings. The van der Waals surface area contributed by atoms with Crippen molar-refractivity contribution in [1.82, 2.24) is 10.2 Å². The number of hydrogen-bond donors (Lipinski definition) is 1. The zero-order chi connectivity index (χ0) is 19.1. The van der Waals surface area contributed by atoms with Crippen LogP contribution in [0.1, 0.15) is 28.3 Å². The van der Waals surface area contributed by atoms with Crippen LogP contribution in [-0.2, 0) is 11.3 Å². The second kappa shape index (κ2) is 9.15. The van der Waals surface area contributed by atoms with E-state index in [1.165, 1.54) is 11.1 Å². The molecule has 1 atom stereocenters. The Kier molecular flexibility index (Phi) is 6.39. The van der Waals surface area contributed by atoms with E-state index in [4.69, 9.17) is 0 Å². The summed E-state index contributed by atoms with van der Waals surface area (Å²) >= 11 is 0. The van der Waals surface area contributed by atoms with Gasteiger partial charge in [-0.25, -0.2) is 0 Å². The highest BCUT2D eigenvalue weighted by Crippen LogP contribution is 2.22. The molecule has 138 valence electrons. The second-order valence-electron chi connectivity index (χ2n) is 6.98. The average Bonchev–Trinajstić information content (AvgIpc) is 2.68. The summed E-state index contributed by atoms with van der Waals surface area (Å²) in [5.74, 6) is 0.0165. The lowest BCUT2D eigenvalue weighted by molar-refractivity contribution is -0.122. The topological polar surface area (TPSA) is 32.3 Å². The number of benzene rings is 3. The Balaban J connectivity index is 1.70. The average molecular weight is 358 g/mol. The van der Waals surface area contributed by atoms with Gasteiger partial charge in [0.25, 0.3) is 0 Å². The molecular weight excluding hydrogens is 332 g/mol. The summed E-state index contributed by atoms with van der Waals surface area (Å²) in [4.78, 5) is 14.7. The summed E-state index contributed by atoms with van der Waals surface area (Å²) in [5.41, 5.74) is 4.58. The van der Waals surface area contributed by atoms with Crippen LogP contribution in [-0.4, -0.2) is 24.4 Å². The van der Waals surface area contributed by atoms with Crippen molar-refractivity contribution >= 4 is 5.91 Å². The quantitative estimate of drug-likeness (QED) is 0.682. The van der Waals surface area contributed by atoms with Crippen LogP contribution in [0.4, 0.5) is 0 Å². The molecule has 0 aliphatic rings. The van der Waals surface area contributed by atoms with Gasteiger partial charge in [-0.05, 0) is 30.7 Å². The number of aryl methyl sites for hydroxylation is 1. The predicted molar refractivity (Wildman–Crippen MR) is 110 cm³/mol. The lowest BCUT2D eigenvalue weighted by Crippen LogP contribution is -2.37. The summed E-state index contributed by atoms with van der Waals surface area (Å²) in [6.07, 6.45) is 0. The van der Waals surface area contributed by atoms with Crippen LogP contribution in [0, 0.1) is 6.92 Å². The standard InChI is InChI=1S/C24H26N2O/c1-19-13-15-22(16-14-19)24(21-11-7-4-8-12-21)25-23(27)18-26(2)17-20-9-5-3-6-10-20/h3-16,24H,17-18H2,1-2H3,(H,25,27). The van der Waals surface area contributed by atoms with Crippen molar-refractivity contribution in [3.8, 4) is 0 Å². The SMILES string of the molecule is Cc1ccc(C(NC(=O)CN(C)Cc2ccccc2)c2ccccc2)cc1. The first-order valence-corrected chi connectivity index (χ1v) is 9.25. The van der Waals surface area contributed by atoms with Crippen LogP contribution in [0.2, 0.25) is 0 Å². The van der Waals surface area contributed by atoms with Gasteiger partial charge in [0.05, 0.1) is 12.6 Å². The van der Waals surface area contributed by atoms with Crippen LogP contribution < -0.4 is 5.32 Å². The first-order valence-electron chi connectivity index (χ1n) is 9.25. The van der Waals surface area contributed by atoms with Crippen molar-refractivity contribution in [2.45, 2.75) is 19.5 Å². The van der Waals surface area contributed by atoms with E-state index in [0.717, 1.165) is 17.7 Å². The van der Waals surface area contributed by atoms with Crippen molar-refractivity contribution < 1.29 is 4.79 Å². The largest absolute Gasteiger partial charge is 0.344 e. The Labute approximate surface area is 161 Å². The normalized spacial score (nSPS) is 12.0. The first-order chi connectivity index (χ1) is 13.1. The van der Waals surface area contributed by atoms with Gasteiger partial charge in [0.1, 0.15) is 0 Å². The van der Waals surface area contributed by atoms with E-state index in [1.807, 2.05) is 48.3 Å². The molecule has 0 aliphatic carbocycles. The molecule has 3 aromatic carbocycles. The van der Waals surface area contributed by atoms with Crippen LogP contribution in [0.3, 0.4) is 0 Å². The molecule has 0 spiro atoms. The van der Waals surface area contributed by atoms with Gasteiger partial charge in [0, 0.05) is 6.54 Å². The monoisotopic (exact) mass is 358 g/mol. The van der Waals surface area contributed by atoms with Crippen LogP contribution >= 0.6 is 0 Å². The number of carbonyl (C=O) groups is 1. The Morgan fingerprint density at radius 2 is 1.41 bits per heavy atom. The van der Waals surface area contributed by atoms with E-state index in [9.17, 15) is 4.79 Å². The van der Waals surface area contributed by atoms with Gasteiger partial charge in [-0.2, -0.15) is 0 Å². The number of carbonyl (C=O) groups excluding carboxylic acids is 1. The molecular formula is C24H26N2O. The molecule has 1 N–H and O–H groups in total. The molecule has 27 heavy (non-hydrogen) atoms. The predicted octanol–water partition coefficient (Wildman–Crippen LogP) is 4.33. The molecule has 0 heterocycles. The van der Waals surface area contributed by atoms with Gasteiger partial charge in [0.15, 0.2) is 0 Å². The Hall–Kier alpha value is -2.91. The van der Waals surface area contributed by atoms with Gasteiger partial charge >= 0.3 is 0 Å². The smallest absolute Gasteiger partial charge is 0.234 e. The molecule has 0 bridgehead atoms. The fourth-order valence-electron chi connectivity index (χ4n) is 3.17.